The van der Waals surface area contributed by atoms with Crippen molar-refractivity contribution in [3.63, 3.8) is 0 Å². The molecule has 0 bridgehead atoms. The van der Waals surface area contributed by atoms with E-state index in [9.17, 15) is 9.59 Å². The molecule has 0 unspecified atom stereocenters. The number of rotatable bonds is 3. The fourth-order valence-electron chi connectivity index (χ4n) is 2.96. The highest BCUT2D eigenvalue weighted by atomic mass is 35.5. The van der Waals surface area contributed by atoms with Crippen molar-refractivity contribution < 1.29 is 9.59 Å². The number of amides is 2. The highest BCUT2D eigenvalue weighted by Gasteiger charge is 2.33. The summed E-state index contributed by atoms with van der Waals surface area (Å²) in [7, 11) is 0. The normalized spacial score (nSPS) is 15.9. The van der Waals surface area contributed by atoms with Crippen LogP contribution in [0.15, 0.2) is 60.8 Å². The van der Waals surface area contributed by atoms with Gasteiger partial charge in [0, 0.05) is 16.3 Å². The number of carbonyl (C=O) groups excluding carboxylic acids is 2. The number of fused-ring (bicyclic) bond motifs is 1. The fraction of sp³-hybridized carbons (Fsp3) is 0.105. The van der Waals surface area contributed by atoms with E-state index >= 15 is 0 Å². The van der Waals surface area contributed by atoms with Crippen LogP contribution in [0.3, 0.4) is 0 Å². The van der Waals surface area contributed by atoms with Crippen LogP contribution in [0.25, 0.3) is 11.1 Å². The Balaban J connectivity index is 1.65. The van der Waals surface area contributed by atoms with E-state index in [2.05, 4.69) is 15.7 Å². The van der Waals surface area contributed by atoms with Gasteiger partial charge in [-0.15, -0.1) is 0 Å². The smallest absolute Gasteiger partial charge is 0.249 e. The van der Waals surface area contributed by atoms with E-state index in [1.165, 1.54) is 0 Å². The Morgan fingerprint density at radius 3 is 2.62 bits per heavy atom. The molecule has 0 spiro atoms. The SMILES string of the molecule is O=C1C[C@H](C(=O)Nc2ccc(Cl)cc2)n2ncc(-c3ccccc3)c2N1. The molecular formula is C19H15ClN4O2. The maximum Gasteiger partial charge on any atom is 0.249 e. The van der Waals surface area contributed by atoms with Crippen molar-refractivity contribution in [2.75, 3.05) is 10.6 Å². The van der Waals surface area contributed by atoms with Crippen LogP contribution in [0, 0.1) is 0 Å². The van der Waals surface area contributed by atoms with Crippen molar-refractivity contribution in [1.29, 1.82) is 0 Å². The standard InChI is InChI=1S/C19H15ClN4O2/c20-13-6-8-14(9-7-13)22-19(26)16-10-17(25)23-18-15(11-21-24(16)18)12-4-2-1-3-5-12/h1-9,11,16H,10H2,(H,22,26)(H,23,25)/t16-/m1/s1. The number of hydrogen-bond acceptors (Lipinski definition) is 3. The molecule has 2 heterocycles. The zero-order valence-corrected chi connectivity index (χ0v) is 14.4. The van der Waals surface area contributed by atoms with Gasteiger partial charge in [-0.2, -0.15) is 5.10 Å². The summed E-state index contributed by atoms with van der Waals surface area (Å²) in [6.07, 6.45) is 1.70. The maximum absolute atomic E-state index is 12.7. The first kappa shape index (κ1) is 16.4. The lowest BCUT2D eigenvalue weighted by atomic mass is 10.1. The molecule has 3 aromatic rings. The van der Waals surface area contributed by atoms with Crippen molar-refractivity contribution in [2.45, 2.75) is 12.5 Å². The van der Waals surface area contributed by atoms with Gasteiger partial charge in [0.1, 0.15) is 11.9 Å². The summed E-state index contributed by atoms with van der Waals surface area (Å²) in [5.74, 6) is 0.0151. The van der Waals surface area contributed by atoms with Crippen LogP contribution >= 0.6 is 11.6 Å². The lowest BCUT2D eigenvalue weighted by Crippen LogP contribution is -2.35. The molecule has 0 fully saturated rings. The van der Waals surface area contributed by atoms with Crippen LogP contribution in [-0.4, -0.2) is 21.6 Å². The van der Waals surface area contributed by atoms with Crippen LogP contribution < -0.4 is 10.6 Å². The van der Waals surface area contributed by atoms with Gasteiger partial charge < -0.3 is 10.6 Å². The minimum absolute atomic E-state index is 0.0301. The minimum Gasteiger partial charge on any atom is -0.324 e. The van der Waals surface area contributed by atoms with Gasteiger partial charge in [0.15, 0.2) is 0 Å². The summed E-state index contributed by atoms with van der Waals surface area (Å²) in [6, 6.07) is 15.7. The van der Waals surface area contributed by atoms with Gasteiger partial charge in [0.2, 0.25) is 11.8 Å². The predicted molar refractivity (Wildman–Crippen MR) is 100 cm³/mol. The summed E-state index contributed by atoms with van der Waals surface area (Å²) in [4.78, 5) is 24.9. The highest BCUT2D eigenvalue weighted by molar-refractivity contribution is 6.30. The number of nitrogens with one attached hydrogen (secondary N) is 2. The summed E-state index contributed by atoms with van der Waals surface area (Å²) in [5, 5.41) is 10.6. The predicted octanol–water partition coefficient (Wildman–Crippen LogP) is 3.73. The van der Waals surface area contributed by atoms with E-state index in [0.717, 1.165) is 11.1 Å². The molecule has 2 amide bonds. The molecule has 1 aliphatic heterocycles. The third-order valence-corrected chi connectivity index (χ3v) is 4.48. The van der Waals surface area contributed by atoms with Crippen LogP contribution in [0.5, 0.6) is 0 Å². The molecule has 2 N–H and O–H groups in total. The molecule has 1 atom stereocenters. The Labute approximate surface area is 154 Å². The Bertz CT molecular complexity index is 967. The van der Waals surface area contributed by atoms with Crippen LogP contribution in [0.2, 0.25) is 5.02 Å². The van der Waals surface area contributed by atoms with E-state index in [1.807, 2.05) is 30.3 Å². The molecule has 0 saturated carbocycles. The van der Waals surface area contributed by atoms with Gasteiger partial charge in [0.05, 0.1) is 12.6 Å². The third-order valence-electron chi connectivity index (χ3n) is 4.23. The molecule has 130 valence electrons. The highest BCUT2D eigenvalue weighted by Crippen LogP contribution is 2.34. The van der Waals surface area contributed by atoms with E-state index in [4.69, 9.17) is 11.6 Å². The Morgan fingerprint density at radius 1 is 1.15 bits per heavy atom. The number of carbonyl (C=O) groups is 2. The van der Waals surface area contributed by atoms with Crippen molar-refractivity contribution >= 4 is 34.9 Å². The molecule has 6 nitrogen and oxygen atoms in total. The molecule has 7 heteroatoms. The monoisotopic (exact) mass is 366 g/mol. The Hall–Kier alpha value is -3.12. The number of hydrogen-bond donors (Lipinski definition) is 2. The first-order chi connectivity index (χ1) is 12.6. The van der Waals surface area contributed by atoms with Crippen molar-refractivity contribution in [2.24, 2.45) is 0 Å². The zero-order chi connectivity index (χ0) is 18.1. The van der Waals surface area contributed by atoms with Crippen molar-refractivity contribution in [1.82, 2.24) is 9.78 Å². The lowest BCUT2D eigenvalue weighted by Gasteiger charge is -2.24. The molecule has 1 aliphatic rings. The Kier molecular flexibility index (Phi) is 4.18. The van der Waals surface area contributed by atoms with Gasteiger partial charge in [0.25, 0.3) is 0 Å². The number of anilines is 2. The molecule has 0 saturated heterocycles. The van der Waals surface area contributed by atoms with Crippen LogP contribution in [0.1, 0.15) is 12.5 Å². The van der Waals surface area contributed by atoms with E-state index < -0.39 is 6.04 Å². The average Bonchev–Trinajstić information content (AvgIpc) is 3.07. The van der Waals surface area contributed by atoms with Crippen molar-refractivity contribution in [3.8, 4) is 11.1 Å². The Morgan fingerprint density at radius 2 is 1.88 bits per heavy atom. The maximum atomic E-state index is 12.7. The summed E-state index contributed by atoms with van der Waals surface area (Å²) in [6.45, 7) is 0. The minimum atomic E-state index is -0.716. The van der Waals surface area contributed by atoms with Gasteiger partial charge in [-0.25, -0.2) is 4.68 Å². The molecule has 0 radical (unpaired) electrons. The van der Waals surface area contributed by atoms with E-state index in [-0.39, 0.29) is 18.2 Å². The number of aromatic nitrogens is 2. The van der Waals surface area contributed by atoms with E-state index in [1.54, 1.807) is 35.1 Å². The third kappa shape index (κ3) is 3.07. The summed E-state index contributed by atoms with van der Waals surface area (Å²) >= 11 is 5.86. The number of benzene rings is 2. The fourth-order valence-corrected chi connectivity index (χ4v) is 3.09. The molecule has 0 aliphatic carbocycles. The van der Waals surface area contributed by atoms with Gasteiger partial charge >= 0.3 is 0 Å². The van der Waals surface area contributed by atoms with E-state index in [0.29, 0.717) is 16.5 Å². The van der Waals surface area contributed by atoms with Crippen molar-refractivity contribution in [3.05, 3.63) is 65.8 Å². The number of nitrogens with zero attached hydrogens (tertiary/aromatic N) is 2. The molecule has 2 aromatic carbocycles. The summed E-state index contributed by atoms with van der Waals surface area (Å²) < 4.78 is 1.56. The molecule has 1 aromatic heterocycles. The van der Waals surface area contributed by atoms with Crippen LogP contribution in [0.4, 0.5) is 11.5 Å². The topological polar surface area (TPSA) is 76.0 Å². The zero-order valence-electron chi connectivity index (χ0n) is 13.6. The van der Waals surface area contributed by atoms with Gasteiger partial charge in [-0.3, -0.25) is 9.59 Å². The molecule has 26 heavy (non-hydrogen) atoms. The summed E-state index contributed by atoms with van der Waals surface area (Å²) in [5.41, 5.74) is 2.32. The second-order valence-electron chi connectivity index (χ2n) is 5.98. The molecule has 4 rings (SSSR count). The lowest BCUT2D eigenvalue weighted by molar-refractivity contribution is -0.125. The van der Waals surface area contributed by atoms with Crippen LogP contribution in [-0.2, 0) is 9.59 Å². The molecular weight excluding hydrogens is 352 g/mol. The first-order valence-electron chi connectivity index (χ1n) is 8.11. The second-order valence-corrected chi connectivity index (χ2v) is 6.42. The average molecular weight is 367 g/mol. The quantitative estimate of drug-likeness (QED) is 0.741. The second kappa shape index (κ2) is 6.65. The van der Waals surface area contributed by atoms with Gasteiger partial charge in [-0.05, 0) is 29.8 Å². The van der Waals surface area contributed by atoms with Gasteiger partial charge in [-0.1, -0.05) is 41.9 Å². The largest absolute Gasteiger partial charge is 0.324 e. The first-order valence-corrected chi connectivity index (χ1v) is 8.49. The number of halogens is 1.